The molecule has 0 unspecified atom stereocenters. The van der Waals surface area contributed by atoms with Gasteiger partial charge in [-0.2, -0.15) is 0 Å². The molecule has 0 saturated heterocycles. The molecule has 0 amide bonds. The molecule has 0 atom stereocenters. The second kappa shape index (κ2) is 7.58. The fraction of sp³-hybridized carbons (Fsp3) is 0.333. The van der Waals surface area contributed by atoms with E-state index in [-0.39, 0.29) is 0 Å². The third kappa shape index (κ3) is 3.65. The molecule has 0 bridgehead atoms. The molecule has 0 aliphatic carbocycles. The number of hydrogen-bond donors (Lipinski definition) is 0. The lowest BCUT2D eigenvalue weighted by molar-refractivity contribution is 0.665. The molecule has 1 aliphatic heterocycles. The molecule has 0 spiro atoms. The molecule has 0 aromatic heterocycles. The van der Waals surface area contributed by atoms with Crippen molar-refractivity contribution in [3.05, 3.63) is 44.4 Å². The van der Waals surface area contributed by atoms with Crippen molar-refractivity contribution >= 4 is 61.7 Å². The quantitative estimate of drug-likeness (QED) is 0.323. The van der Waals surface area contributed by atoms with E-state index in [0.29, 0.717) is 0 Å². The number of unbranched alkanes of at least 4 members (excludes halogenated alkanes) is 3. The first kappa shape index (κ1) is 16.7. The van der Waals surface area contributed by atoms with Gasteiger partial charge in [-0.25, -0.2) is 0 Å². The van der Waals surface area contributed by atoms with Crippen molar-refractivity contribution in [3.8, 4) is 0 Å². The van der Waals surface area contributed by atoms with E-state index in [1.165, 1.54) is 50.4 Å². The maximum atomic E-state index is 3.60. The Morgan fingerprint density at radius 2 is 1.73 bits per heavy atom. The van der Waals surface area contributed by atoms with Gasteiger partial charge in [0.2, 0.25) is 0 Å². The first-order valence-electron chi connectivity index (χ1n) is 7.73. The molecular formula is C18H19BrINS. The standard InChI is InChI=1S/C18H19BrINS/c1-2-3-4-5-10-21-15-8-6-13(19)11-17(15)22-18-12-14(20)7-9-16(18)21/h6-9,11-12H,2-5,10H2,1H3. The molecule has 1 nitrogen and oxygen atoms in total. The van der Waals surface area contributed by atoms with Gasteiger partial charge in [0.25, 0.3) is 0 Å². The number of nitrogens with zero attached hydrogens (tertiary/aromatic N) is 1. The Morgan fingerprint density at radius 1 is 1.00 bits per heavy atom. The van der Waals surface area contributed by atoms with Crippen LogP contribution in [0.1, 0.15) is 32.6 Å². The minimum atomic E-state index is 1.10. The van der Waals surface area contributed by atoms with Crippen LogP contribution in [0.5, 0.6) is 0 Å². The Hall–Kier alpha value is -0.200. The molecule has 1 heterocycles. The molecule has 3 rings (SSSR count). The highest BCUT2D eigenvalue weighted by atomic mass is 127. The summed E-state index contributed by atoms with van der Waals surface area (Å²) >= 11 is 7.88. The summed E-state index contributed by atoms with van der Waals surface area (Å²) in [4.78, 5) is 5.21. The molecule has 4 heteroatoms. The van der Waals surface area contributed by atoms with E-state index in [1.807, 2.05) is 11.8 Å². The van der Waals surface area contributed by atoms with E-state index >= 15 is 0 Å². The first-order chi connectivity index (χ1) is 10.7. The molecule has 0 saturated carbocycles. The van der Waals surface area contributed by atoms with Crippen molar-refractivity contribution in [3.63, 3.8) is 0 Å². The fourth-order valence-corrected chi connectivity index (χ4v) is 5.16. The van der Waals surface area contributed by atoms with Crippen LogP contribution in [0, 0.1) is 3.57 Å². The summed E-state index contributed by atoms with van der Waals surface area (Å²) < 4.78 is 2.45. The average Bonchev–Trinajstić information content (AvgIpc) is 2.50. The predicted molar refractivity (Wildman–Crippen MR) is 109 cm³/mol. The lowest BCUT2D eigenvalue weighted by atomic mass is 10.1. The van der Waals surface area contributed by atoms with Gasteiger partial charge >= 0.3 is 0 Å². The van der Waals surface area contributed by atoms with Gasteiger partial charge in [0, 0.05) is 24.4 Å². The third-order valence-corrected chi connectivity index (χ3v) is 6.14. The van der Waals surface area contributed by atoms with Crippen LogP contribution in [0.3, 0.4) is 0 Å². The van der Waals surface area contributed by atoms with Crippen LogP contribution in [0.2, 0.25) is 0 Å². The number of hydrogen-bond acceptors (Lipinski definition) is 2. The summed E-state index contributed by atoms with van der Waals surface area (Å²) in [6.07, 6.45) is 5.18. The smallest absolute Gasteiger partial charge is 0.0553 e. The molecule has 116 valence electrons. The van der Waals surface area contributed by atoms with Gasteiger partial charge in [0.1, 0.15) is 0 Å². The number of halogens is 2. The van der Waals surface area contributed by atoms with Crippen molar-refractivity contribution in [1.29, 1.82) is 0 Å². The molecule has 22 heavy (non-hydrogen) atoms. The maximum Gasteiger partial charge on any atom is 0.0553 e. The van der Waals surface area contributed by atoms with E-state index in [4.69, 9.17) is 0 Å². The monoisotopic (exact) mass is 487 g/mol. The lowest BCUT2D eigenvalue weighted by Gasteiger charge is -2.33. The molecule has 1 aliphatic rings. The molecule has 0 radical (unpaired) electrons. The van der Waals surface area contributed by atoms with Crippen LogP contribution in [0.25, 0.3) is 0 Å². The van der Waals surface area contributed by atoms with Crippen LogP contribution < -0.4 is 4.90 Å². The zero-order valence-corrected chi connectivity index (χ0v) is 17.2. The van der Waals surface area contributed by atoms with Crippen LogP contribution in [0.15, 0.2) is 50.7 Å². The number of fused-ring (bicyclic) bond motifs is 2. The highest BCUT2D eigenvalue weighted by molar-refractivity contribution is 14.1. The Labute approximate surface area is 159 Å². The Bertz CT molecular complexity index is 623. The van der Waals surface area contributed by atoms with Crippen LogP contribution in [-0.2, 0) is 0 Å². The van der Waals surface area contributed by atoms with Gasteiger partial charge in [-0.3, -0.25) is 0 Å². The first-order valence-corrected chi connectivity index (χ1v) is 10.4. The van der Waals surface area contributed by atoms with Crippen molar-refractivity contribution in [1.82, 2.24) is 0 Å². The second-order valence-electron chi connectivity index (χ2n) is 5.54. The number of anilines is 2. The fourth-order valence-electron chi connectivity index (χ4n) is 2.77. The molecule has 2 aromatic rings. The van der Waals surface area contributed by atoms with Crippen molar-refractivity contribution in [2.45, 2.75) is 42.4 Å². The van der Waals surface area contributed by atoms with Gasteiger partial charge in [0.15, 0.2) is 0 Å². The zero-order valence-electron chi connectivity index (χ0n) is 12.6. The zero-order chi connectivity index (χ0) is 15.5. The van der Waals surface area contributed by atoms with Crippen LogP contribution >= 0.6 is 50.3 Å². The van der Waals surface area contributed by atoms with Crippen LogP contribution in [-0.4, -0.2) is 6.54 Å². The number of benzene rings is 2. The van der Waals surface area contributed by atoms with Gasteiger partial charge in [-0.1, -0.05) is 53.9 Å². The Morgan fingerprint density at radius 3 is 2.50 bits per heavy atom. The van der Waals surface area contributed by atoms with Gasteiger partial charge in [0.05, 0.1) is 11.4 Å². The largest absolute Gasteiger partial charge is 0.340 e. The maximum absolute atomic E-state index is 3.60. The van der Waals surface area contributed by atoms with Gasteiger partial charge in [-0.15, -0.1) is 0 Å². The Kier molecular flexibility index (Phi) is 5.74. The molecular weight excluding hydrogens is 469 g/mol. The normalized spacial score (nSPS) is 13.0. The van der Waals surface area contributed by atoms with E-state index in [9.17, 15) is 0 Å². The van der Waals surface area contributed by atoms with E-state index in [0.717, 1.165) is 11.0 Å². The van der Waals surface area contributed by atoms with Gasteiger partial charge in [-0.05, 0) is 65.4 Å². The molecule has 0 N–H and O–H groups in total. The highest BCUT2D eigenvalue weighted by Gasteiger charge is 2.23. The summed E-state index contributed by atoms with van der Waals surface area (Å²) in [5.41, 5.74) is 2.70. The topological polar surface area (TPSA) is 3.24 Å². The predicted octanol–water partition coefficient (Wildman–Crippen LogP) is 7.24. The summed E-state index contributed by atoms with van der Waals surface area (Å²) in [6.45, 7) is 3.37. The SMILES string of the molecule is CCCCCCN1c2ccc(Br)cc2Sc2cc(I)ccc21. The van der Waals surface area contributed by atoms with Crippen molar-refractivity contribution in [2.75, 3.05) is 11.4 Å². The average molecular weight is 488 g/mol. The van der Waals surface area contributed by atoms with E-state index < -0.39 is 0 Å². The minimum absolute atomic E-state index is 1.10. The summed E-state index contributed by atoms with van der Waals surface area (Å²) in [6, 6.07) is 13.4. The second-order valence-corrected chi connectivity index (χ2v) is 8.78. The van der Waals surface area contributed by atoms with Gasteiger partial charge < -0.3 is 4.90 Å². The summed E-state index contributed by atoms with van der Waals surface area (Å²) in [7, 11) is 0. The van der Waals surface area contributed by atoms with Crippen molar-refractivity contribution in [2.24, 2.45) is 0 Å². The van der Waals surface area contributed by atoms with Crippen molar-refractivity contribution < 1.29 is 0 Å². The van der Waals surface area contributed by atoms with E-state index in [1.54, 1.807) is 0 Å². The molecule has 0 fully saturated rings. The Balaban J connectivity index is 1.93. The summed E-state index contributed by atoms with van der Waals surface area (Å²) in [5.74, 6) is 0. The number of rotatable bonds is 5. The minimum Gasteiger partial charge on any atom is -0.340 e. The highest BCUT2D eigenvalue weighted by Crippen LogP contribution is 2.49. The third-order valence-electron chi connectivity index (χ3n) is 3.88. The van der Waals surface area contributed by atoms with E-state index in [2.05, 4.69) is 86.7 Å². The molecule has 2 aromatic carbocycles. The summed E-state index contributed by atoms with van der Waals surface area (Å²) in [5, 5.41) is 0. The lowest BCUT2D eigenvalue weighted by Crippen LogP contribution is -2.22. The van der Waals surface area contributed by atoms with Crippen LogP contribution in [0.4, 0.5) is 11.4 Å².